The smallest absolute Gasteiger partial charge is 0.251 e. The molecular weight excluding hydrogens is 447 g/mol. The maximum atomic E-state index is 12.8. The molecule has 1 aliphatic heterocycles. The molecule has 1 fully saturated rings. The molecule has 0 radical (unpaired) electrons. The molecule has 0 unspecified atom stereocenters. The number of fused-ring (bicyclic) bond motifs is 1. The van der Waals surface area contributed by atoms with Crippen molar-refractivity contribution in [3.05, 3.63) is 81.0 Å². The zero-order valence-corrected chi connectivity index (χ0v) is 18.9. The Morgan fingerprint density at radius 2 is 1.97 bits per heavy atom. The summed E-state index contributed by atoms with van der Waals surface area (Å²) in [4.78, 5) is 23.0. The molecule has 6 nitrogen and oxygen atoms in total. The first-order valence-corrected chi connectivity index (χ1v) is 11.3. The molecule has 0 bridgehead atoms. The van der Waals surface area contributed by atoms with E-state index in [1.165, 1.54) is 0 Å². The average Bonchev–Trinajstić information content (AvgIpc) is 3.02. The summed E-state index contributed by atoms with van der Waals surface area (Å²) in [5.41, 5.74) is 4.50. The van der Waals surface area contributed by atoms with E-state index in [1.807, 2.05) is 30.7 Å². The number of ether oxygens (including phenoxy) is 1. The van der Waals surface area contributed by atoms with Crippen LogP contribution < -0.4 is 10.5 Å². The molecule has 164 valence electrons. The normalized spacial score (nSPS) is 14.6. The Morgan fingerprint density at radius 1 is 1.06 bits per heavy atom. The monoisotopic (exact) mass is 468 g/mol. The van der Waals surface area contributed by atoms with E-state index in [-0.39, 0.29) is 5.56 Å². The van der Waals surface area contributed by atoms with Gasteiger partial charge in [-0.05, 0) is 41.8 Å². The van der Waals surface area contributed by atoms with Crippen LogP contribution in [0.1, 0.15) is 12.0 Å². The van der Waals surface area contributed by atoms with E-state index in [2.05, 4.69) is 20.9 Å². The minimum atomic E-state index is -0.0864. The Labute approximate surface area is 195 Å². The molecule has 3 aromatic heterocycles. The van der Waals surface area contributed by atoms with Crippen molar-refractivity contribution >= 4 is 39.9 Å². The molecule has 0 atom stereocenters. The number of aromatic nitrogens is 3. The highest BCUT2D eigenvalue weighted by atomic mass is 35.5. The van der Waals surface area contributed by atoms with Crippen LogP contribution >= 0.6 is 23.2 Å². The zero-order valence-electron chi connectivity index (χ0n) is 17.4. The van der Waals surface area contributed by atoms with Crippen LogP contribution in [0.5, 0.6) is 0 Å². The fraction of sp³-hybridized carbons (Fsp3) is 0.250. The van der Waals surface area contributed by atoms with Gasteiger partial charge in [0, 0.05) is 49.1 Å². The lowest BCUT2D eigenvalue weighted by Crippen LogP contribution is -2.25. The maximum absolute atomic E-state index is 12.8. The summed E-state index contributed by atoms with van der Waals surface area (Å²) in [5, 5.41) is 1.97. The summed E-state index contributed by atoms with van der Waals surface area (Å²) >= 11 is 12.1. The number of nitrogens with one attached hydrogen (secondary N) is 1. The average molecular weight is 469 g/mol. The van der Waals surface area contributed by atoms with Gasteiger partial charge in [0.25, 0.3) is 5.56 Å². The Bertz CT molecular complexity index is 1320. The van der Waals surface area contributed by atoms with Gasteiger partial charge in [0.2, 0.25) is 0 Å². The highest BCUT2D eigenvalue weighted by Crippen LogP contribution is 2.30. The summed E-state index contributed by atoms with van der Waals surface area (Å²) in [7, 11) is 0. The number of rotatable bonds is 4. The molecule has 4 heterocycles. The lowest BCUT2D eigenvalue weighted by Gasteiger charge is -2.21. The summed E-state index contributed by atoms with van der Waals surface area (Å²) in [6.07, 6.45) is 6.60. The van der Waals surface area contributed by atoms with Crippen LogP contribution in [-0.2, 0) is 11.3 Å². The van der Waals surface area contributed by atoms with E-state index in [9.17, 15) is 4.79 Å². The van der Waals surface area contributed by atoms with Crippen molar-refractivity contribution in [1.29, 1.82) is 0 Å². The Balaban J connectivity index is 1.45. The lowest BCUT2D eigenvalue weighted by molar-refractivity contribution is 0.152. The van der Waals surface area contributed by atoms with Crippen molar-refractivity contribution in [3.63, 3.8) is 0 Å². The molecule has 1 saturated heterocycles. The van der Waals surface area contributed by atoms with E-state index < -0.39 is 0 Å². The van der Waals surface area contributed by atoms with Crippen LogP contribution in [0.2, 0.25) is 10.0 Å². The number of anilines is 1. The second-order valence-electron chi connectivity index (χ2n) is 7.88. The van der Waals surface area contributed by atoms with Crippen molar-refractivity contribution < 1.29 is 4.74 Å². The fourth-order valence-corrected chi connectivity index (χ4v) is 4.37. The van der Waals surface area contributed by atoms with Crippen LogP contribution in [0, 0.1) is 0 Å². The van der Waals surface area contributed by atoms with Gasteiger partial charge in [0.05, 0.1) is 35.1 Å². The summed E-state index contributed by atoms with van der Waals surface area (Å²) < 4.78 is 7.22. The molecule has 4 aromatic rings. The van der Waals surface area contributed by atoms with Crippen LogP contribution in [0.3, 0.4) is 0 Å². The number of benzene rings is 1. The van der Waals surface area contributed by atoms with Crippen LogP contribution in [0.4, 0.5) is 5.69 Å². The number of pyridine rings is 2. The van der Waals surface area contributed by atoms with E-state index in [0.29, 0.717) is 16.6 Å². The maximum Gasteiger partial charge on any atom is 0.251 e. The summed E-state index contributed by atoms with van der Waals surface area (Å²) in [5.74, 6) is 0. The van der Waals surface area contributed by atoms with Crippen molar-refractivity contribution in [1.82, 2.24) is 14.5 Å². The summed E-state index contributed by atoms with van der Waals surface area (Å²) in [6, 6.07) is 11.1. The minimum Gasteiger partial charge on any atom is -0.380 e. The fourth-order valence-electron chi connectivity index (χ4n) is 4.05. The molecule has 0 amide bonds. The largest absolute Gasteiger partial charge is 0.380 e. The minimum absolute atomic E-state index is 0.0864. The first-order valence-electron chi connectivity index (χ1n) is 10.5. The van der Waals surface area contributed by atoms with Gasteiger partial charge in [-0.1, -0.05) is 29.3 Å². The number of hydrogen-bond donors (Lipinski definition) is 1. The van der Waals surface area contributed by atoms with Gasteiger partial charge in [0.15, 0.2) is 0 Å². The predicted octanol–water partition coefficient (Wildman–Crippen LogP) is 4.97. The first kappa shape index (κ1) is 21.1. The van der Waals surface area contributed by atoms with Crippen LogP contribution in [-0.4, -0.2) is 40.8 Å². The number of nitrogens with zero attached hydrogens (tertiary/aromatic N) is 3. The number of halogens is 2. The third kappa shape index (κ3) is 4.26. The molecule has 1 aromatic carbocycles. The van der Waals surface area contributed by atoms with Crippen LogP contribution in [0.25, 0.3) is 22.2 Å². The van der Waals surface area contributed by atoms with Gasteiger partial charge in [-0.2, -0.15) is 0 Å². The van der Waals surface area contributed by atoms with E-state index in [4.69, 9.17) is 27.9 Å². The number of aromatic amines is 1. The third-order valence-corrected chi connectivity index (χ3v) is 6.49. The van der Waals surface area contributed by atoms with Gasteiger partial charge >= 0.3 is 0 Å². The second kappa shape index (κ2) is 8.98. The molecular formula is C24H22Cl2N4O2. The Hall–Kier alpha value is -2.80. The molecule has 0 aliphatic carbocycles. The van der Waals surface area contributed by atoms with Gasteiger partial charge < -0.3 is 19.2 Å². The highest BCUT2D eigenvalue weighted by Gasteiger charge is 2.14. The van der Waals surface area contributed by atoms with Crippen LogP contribution in [0.15, 0.2) is 59.8 Å². The molecule has 5 rings (SSSR count). The Morgan fingerprint density at radius 3 is 2.81 bits per heavy atom. The van der Waals surface area contributed by atoms with Gasteiger partial charge in [-0.15, -0.1) is 0 Å². The Kier molecular flexibility index (Phi) is 5.91. The molecule has 0 saturated carbocycles. The SMILES string of the molecule is O=c1cc(-c2c[nH]c3ncc(N4CCCOCC4)cc23)ccn1Cc1ccc(Cl)c(Cl)c1. The quantitative estimate of drug-likeness (QED) is 0.458. The van der Waals surface area contributed by atoms with E-state index in [0.717, 1.165) is 66.1 Å². The third-order valence-electron chi connectivity index (χ3n) is 5.75. The lowest BCUT2D eigenvalue weighted by atomic mass is 10.1. The molecule has 8 heteroatoms. The van der Waals surface area contributed by atoms with Crippen molar-refractivity contribution in [2.24, 2.45) is 0 Å². The topological polar surface area (TPSA) is 63.1 Å². The van der Waals surface area contributed by atoms with Crippen molar-refractivity contribution in [2.45, 2.75) is 13.0 Å². The number of hydrogen-bond acceptors (Lipinski definition) is 4. The molecule has 32 heavy (non-hydrogen) atoms. The second-order valence-corrected chi connectivity index (χ2v) is 8.69. The number of H-pyrrole nitrogens is 1. The van der Waals surface area contributed by atoms with Gasteiger partial charge in [-0.3, -0.25) is 4.79 Å². The highest BCUT2D eigenvalue weighted by molar-refractivity contribution is 6.42. The molecule has 1 aliphatic rings. The van der Waals surface area contributed by atoms with E-state index >= 15 is 0 Å². The van der Waals surface area contributed by atoms with Gasteiger partial charge in [0.1, 0.15) is 5.65 Å². The zero-order chi connectivity index (χ0) is 22.1. The summed E-state index contributed by atoms with van der Waals surface area (Å²) in [6.45, 7) is 3.72. The molecule has 0 spiro atoms. The molecule has 1 N–H and O–H groups in total. The predicted molar refractivity (Wildman–Crippen MR) is 129 cm³/mol. The van der Waals surface area contributed by atoms with Crippen molar-refractivity contribution in [3.8, 4) is 11.1 Å². The van der Waals surface area contributed by atoms with E-state index in [1.54, 1.807) is 22.8 Å². The first-order chi connectivity index (χ1) is 15.6. The standard InChI is InChI=1S/C24H22Cl2N4O2/c25-21-3-2-16(10-22(21)26)15-30-6-4-17(11-23(30)31)20-14-28-24-19(20)12-18(13-27-24)29-5-1-8-32-9-7-29/h2-4,6,10-14H,1,5,7-9,15H2,(H,27,28). The van der Waals surface area contributed by atoms with Gasteiger partial charge in [-0.25, -0.2) is 4.98 Å². The van der Waals surface area contributed by atoms with Crippen molar-refractivity contribution in [2.75, 3.05) is 31.2 Å².